The van der Waals surface area contributed by atoms with Gasteiger partial charge in [0.1, 0.15) is 17.2 Å². The third kappa shape index (κ3) is 6.24. The van der Waals surface area contributed by atoms with Gasteiger partial charge in [-0.2, -0.15) is 8.42 Å². The Bertz CT molecular complexity index is 1160. The molecule has 0 saturated carbocycles. The zero-order valence-electron chi connectivity index (χ0n) is 18.1. The van der Waals surface area contributed by atoms with Crippen LogP contribution >= 0.6 is 0 Å². The van der Waals surface area contributed by atoms with Gasteiger partial charge in [-0.15, -0.1) is 0 Å². The number of amides is 1. The highest BCUT2D eigenvalue weighted by Gasteiger charge is 2.21. The summed E-state index contributed by atoms with van der Waals surface area (Å²) in [6, 6.07) is 21.3. The average molecular weight is 456 g/mol. The molecule has 0 fully saturated rings. The first-order valence-electron chi connectivity index (χ1n) is 9.82. The summed E-state index contributed by atoms with van der Waals surface area (Å²) in [4.78, 5) is 15.2. The van der Waals surface area contributed by atoms with Crippen LogP contribution in [0.1, 0.15) is 21.5 Å². The van der Waals surface area contributed by atoms with Gasteiger partial charge in [-0.1, -0.05) is 42.5 Å². The summed E-state index contributed by atoms with van der Waals surface area (Å²) in [6.07, 6.45) is 0.989. The van der Waals surface area contributed by atoms with Gasteiger partial charge < -0.3 is 18.6 Å². The maximum absolute atomic E-state index is 13.5. The lowest BCUT2D eigenvalue weighted by molar-refractivity contribution is 0.0726. The molecular formula is C24H25NO6S. The summed E-state index contributed by atoms with van der Waals surface area (Å²) in [5.41, 5.74) is 2.22. The number of hydrogen-bond donors (Lipinski definition) is 0. The van der Waals surface area contributed by atoms with Crippen molar-refractivity contribution in [2.24, 2.45) is 0 Å². The van der Waals surface area contributed by atoms with Crippen LogP contribution in [0.2, 0.25) is 0 Å². The second-order valence-corrected chi connectivity index (χ2v) is 8.72. The molecule has 0 aromatic heterocycles. The van der Waals surface area contributed by atoms with Gasteiger partial charge in [-0.3, -0.25) is 4.79 Å². The van der Waals surface area contributed by atoms with Crippen LogP contribution in [0.3, 0.4) is 0 Å². The van der Waals surface area contributed by atoms with Crippen LogP contribution in [-0.2, 0) is 23.2 Å². The molecule has 0 heterocycles. The van der Waals surface area contributed by atoms with Crippen LogP contribution < -0.4 is 13.7 Å². The fourth-order valence-electron chi connectivity index (χ4n) is 3.19. The van der Waals surface area contributed by atoms with Gasteiger partial charge >= 0.3 is 10.1 Å². The van der Waals surface area contributed by atoms with Gasteiger partial charge in [0.05, 0.1) is 26.0 Å². The molecule has 3 aromatic rings. The maximum atomic E-state index is 13.5. The number of hydrogen-bond acceptors (Lipinski definition) is 6. The summed E-state index contributed by atoms with van der Waals surface area (Å²) in [6.45, 7) is 0.693. The molecule has 8 heteroatoms. The average Bonchev–Trinajstić information content (AvgIpc) is 2.78. The molecule has 0 bridgehead atoms. The van der Waals surface area contributed by atoms with Crippen molar-refractivity contribution in [2.45, 2.75) is 13.1 Å². The summed E-state index contributed by atoms with van der Waals surface area (Å²) in [5.74, 6) is 1.03. The molecular weight excluding hydrogens is 430 g/mol. The largest absolute Gasteiger partial charge is 0.497 e. The maximum Gasteiger partial charge on any atom is 0.306 e. The van der Waals surface area contributed by atoms with E-state index in [1.54, 1.807) is 54.5 Å². The number of carbonyl (C=O) groups is 1. The molecule has 0 atom stereocenters. The lowest BCUT2D eigenvalue weighted by atomic mass is 10.1. The van der Waals surface area contributed by atoms with Gasteiger partial charge in [-0.25, -0.2) is 0 Å². The molecule has 0 N–H and O–H groups in total. The Balaban J connectivity index is 1.89. The van der Waals surface area contributed by atoms with E-state index in [2.05, 4.69) is 0 Å². The Morgan fingerprint density at radius 2 is 1.41 bits per heavy atom. The van der Waals surface area contributed by atoms with E-state index in [0.29, 0.717) is 30.2 Å². The molecule has 168 valence electrons. The molecule has 3 aromatic carbocycles. The van der Waals surface area contributed by atoms with Gasteiger partial charge in [0.2, 0.25) is 0 Å². The molecule has 0 aliphatic carbocycles. The molecule has 0 spiro atoms. The zero-order valence-corrected chi connectivity index (χ0v) is 19.0. The van der Waals surface area contributed by atoms with Gasteiger partial charge in [-0.05, 0) is 35.4 Å². The second-order valence-electron chi connectivity index (χ2n) is 7.14. The van der Waals surface area contributed by atoms with Gasteiger partial charge in [0.25, 0.3) is 5.91 Å². The number of rotatable bonds is 9. The van der Waals surface area contributed by atoms with Crippen molar-refractivity contribution in [3.05, 3.63) is 89.5 Å². The van der Waals surface area contributed by atoms with Crippen LogP contribution in [0, 0.1) is 0 Å². The van der Waals surface area contributed by atoms with E-state index in [-0.39, 0.29) is 11.7 Å². The van der Waals surface area contributed by atoms with Crippen LogP contribution in [0.15, 0.2) is 72.8 Å². The molecule has 1 amide bonds. The molecule has 3 rings (SSSR count). The Kier molecular flexibility index (Phi) is 7.37. The van der Waals surface area contributed by atoms with Crippen molar-refractivity contribution >= 4 is 16.0 Å². The van der Waals surface area contributed by atoms with Crippen molar-refractivity contribution in [3.63, 3.8) is 0 Å². The minimum absolute atomic E-state index is 0.204. The minimum Gasteiger partial charge on any atom is -0.497 e. The Morgan fingerprint density at radius 1 is 0.812 bits per heavy atom. The van der Waals surface area contributed by atoms with Crippen LogP contribution in [0.25, 0.3) is 0 Å². The highest BCUT2D eigenvalue weighted by molar-refractivity contribution is 7.86. The van der Waals surface area contributed by atoms with Gasteiger partial charge in [0.15, 0.2) is 0 Å². The monoisotopic (exact) mass is 455 g/mol. The molecule has 0 saturated heterocycles. The first-order chi connectivity index (χ1) is 15.3. The fraction of sp³-hybridized carbons (Fsp3) is 0.208. The number of ether oxygens (including phenoxy) is 2. The van der Waals surface area contributed by atoms with E-state index >= 15 is 0 Å². The van der Waals surface area contributed by atoms with Crippen LogP contribution in [0.4, 0.5) is 0 Å². The highest BCUT2D eigenvalue weighted by Crippen LogP contribution is 2.27. The topological polar surface area (TPSA) is 82.1 Å². The molecule has 0 aliphatic heterocycles. The third-order valence-corrected chi connectivity index (χ3v) is 5.18. The molecule has 0 radical (unpaired) electrons. The number of carbonyl (C=O) groups excluding carboxylic acids is 1. The van der Waals surface area contributed by atoms with Crippen molar-refractivity contribution in [1.82, 2.24) is 4.90 Å². The number of nitrogens with zero attached hydrogens (tertiary/aromatic N) is 1. The van der Waals surface area contributed by atoms with E-state index < -0.39 is 10.1 Å². The smallest absolute Gasteiger partial charge is 0.306 e. The zero-order chi connectivity index (χ0) is 23.1. The Hall–Kier alpha value is -3.52. The fourth-order valence-corrected chi connectivity index (χ4v) is 3.66. The van der Waals surface area contributed by atoms with Crippen molar-refractivity contribution < 1.29 is 26.9 Å². The quantitative estimate of drug-likeness (QED) is 0.456. The number of methoxy groups -OCH3 is 2. The van der Waals surface area contributed by atoms with Crippen molar-refractivity contribution in [3.8, 4) is 17.2 Å². The van der Waals surface area contributed by atoms with E-state index in [0.717, 1.165) is 17.4 Å². The molecule has 32 heavy (non-hydrogen) atoms. The molecule has 7 nitrogen and oxygen atoms in total. The van der Waals surface area contributed by atoms with Crippen molar-refractivity contribution in [1.29, 1.82) is 0 Å². The lowest BCUT2D eigenvalue weighted by Crippen LogP contribution is -2.30. The SMILES string of the molecule is COc1ccc(C(=O)N(Cc2ccccc2)Cc2ccc(OS(C)(=O)=O)cc2)c(OC)c1. The highest BCUT2D eigenvalue weighted by atomic mass is 32.2. The van der Waals surface area contributed by atoms with E-state index in [9.17, 15) is 13.2 Å². The first-order valence-corrected chi connectivity index (χ1v) is 11.6. The lowest BCUT2D eigenvalue weighted by Gasteiger charge is -2.24. The normalized spacial score (nSPS) is 11.0. The first kappa shape index (κ1) is 23.1. The van der Waals surface area contributed by atoms with Crippen LogP contribution in [0.5, 0.6) is 17.2 Å². The third-order valence-electron chi connectivity index (χ3n) is 4.69. The summed E-state index contributed by atoms with van der Waals surface area (Å²) in [5, 5.41) is 0. The van der Waals surface area contributed by atoms with E-state index in [1.807, 2.05) is 30.3 Å². The van der Waals surface area contributed by atoms with E-state index in [1.165, 1.54) is 7.11 Å². The van der Waals surface area contributed by atoms with Gasteiger partial charge in [0, 0.05) is 19.2 Å². The van der Waals surface area contributed by atoms with E-state index in [4.69, 9.17) is 13.7 Å². The molecule has 0 unspecified atom stereocenters. The summed E-state index contributed by atoms with van der Waals surface area (Å²) in [7, 11) is -0.547. The Labute approximate surface area is 188 Å². The minimum atomic E-state index is -3.61. The number of benzene rings is 3. The Morgan fingerprint density at radius 3 is 1.97 bits per heavy atom. The summed E-state index contributed by atoms with van der Waals surface area (Å²) >= 11 is 0. The van der Waals surface area contributed by atoms with Crippen LogP contribution in [-0.4, -0.2) is 39.7 Å². The standard InChI is InChI=1S/C24H25NO6S/c1-29-21-13-14-22(23(15-21)30-2)24(26)25(16-18-7-5-4-6-8-18)17-19-9-11-20(12-10-19)31-32(3,27)28/h4-15H,16-17H2,1-3H3. The predicted molar refractivity (Wildman–Crippen MR) is 121 cm³/mol. The van der Waals surface area contributed by atoms with Crippen molar-refractivity contribution in [2.75, 3.05) is 20.5 Å². The summed E-state index contributed by atoms with van der Waals surface area (Å²) < 4.78 is 38.2. The molecule has 0 aliphatic rings. The second kappa shape index (κ2) is 10.2. The predicted octanol–water partition coefficient (Wildman–Crippen LogP) is 3.88.